The van der Waals surface area contributed by atoms with Gasteiger partial charge in [0.05, 0.1) is 47.1 Å². The number of fused-ring (bicyclic) bond motifs is 1. The van der Waals surface area contributed by atoms with Crippen LogP contribution in [0.5, 0.6) is 28.7 Å². The number of benzene rings is 2. The standard InChI is InChI=1S/C29H34N2O9/c1-35-22-16-19(17-23(36-2)28(22)37-3)25-24(26(32)18-5-6-20-21(15-18)40-14-13-39-20)27(33)29(34)31(25)8-4-7-30-9-11-38-12-10-30/h5-6,15-17,25,32H,4,7-14H2,1-3H3. The zero-order valence-corrected chi connectivity index (χ0v) is 22.9. The minimum absolute atomic E-state index is 0.130. The van der Waals surface area contributed by atoms with Crippen molar-refractivity contribution in [1.82, 2.24) is 4.90 Å². The number of rotatable bonds is 9. The van der Waals surface area contributed by atoms with Gasteiger partial charge < -0.3 is 43.3 Å². The van der Waals surface area contributed by atoms with Crippen molar-refractivity contribution in [3.05, 3.63) is 47.0 Å². The van der Waals surface area contributed by atoms with Gasteiger partial charge in [-0.05, 0) is 35.4 Å². The molecule has 1 amide bonds. The summed E-state index contributed by atoms with van der Waals surface area (Å²) in [5.41, 5.74) is 0.612. The summed E-state index contributed by atoms with van der Waals surface area (Å²) in [6.45, 7) is 5.06. The van der Waals surface area contributed by atoms with Gasteiger partial charge in [-0.2, -0.15) is 0 Å². The van der Waals surface area contributed by atoms with Crippen molar-refractivity contribution in [3.8, 4) is 28.7 Å². The van der Waals surface area contributed by atoms with Gasteiger partial charge in [0, 0.05) is 18.5 Å². The number of ether oxygens (including phenoxy) is 6. The zero-order valence-electron chi connectivity index (χ0n) is 22.9. The van der Waals surface area contributed by atoms with E-state index in [1.807, 2.05) is 0 Å². The van der Waals surface area contributed by atoms with Gasteiger partial charge in [0.25, 0.3) is 5.91 Å². The van der Waals surface area contributed by atoms with Crippen molar-refractivity contribution in [2.24, 2.45) is 0 Å². The maximum absolute atomic E-state index is 13.9. The summed E-state index contributed by atoms with van der Waals surface area (Å²) in [5.74, 6) is -0.0601. The summed E-state index contributed by atoms with van der Waals surface area (Å²) in [6, 6.07) is 7.19. The van der Waals surface area contributed by atoms with Crippen LogP contribution in [0.1, 0.15) is 23.6 Å². The second kappa shape index (κ2) is 12.1. The maximum Gasteiger partial charge on any atom is 0.295 e. The molecule has 11 nitrogen and oxygen atoms in total. The molecule has 40 heavy (non-hydrogen) atoms. The number of quaternary nitrogens is 1. The number of methoxy groups -OCH3 is 3. The molecule has 1 atom stereocenters. The quantitative estimate of drug-likeness (QED) is 0.260. The molecule has 2 aromatic rings. The van der Waals surface area contributed by atoms with Crippen molar-refractivity contribution in [1.29, 1.82) is 0 Å². The van der Waals surface area contributed by atoms with Crippen LogP contribution in [-0.2, 0) is 14.3 Å². The molecule has 0 spiro atoms. The highest BCUT2D eigenvalue weighted by Gasteiger charge is 2.44. The van der Waals surface area contributed by atoms with Gasteiger partial charge in [0.2, 0.25) is 11.5 Å². The van der Waals surface area contributed by atoms with E-state index in [4.69, 9.17) is 28.4 Å². The van der Waals surface area contributed by atoms with Crippen molar-refractivity contribution in [2.75, 3.05) is 73.9 Å². The average molecular weight is 555 g/mol. The second-order valence-corrected chi connectivity index (χ2v) is 9.76. The number of likely N-dealkylation sites (tertiary alicyclic amines) is 1. The summed E-state index contributed by atoms with van der Waals surface area (Å²) >= 11 is 0. The highest BCUT2D eigenvalue weighted by atomic mass is 16.6. The summed E-state index contributed by atoms with van der Waals surface area (Å²) < 4.78 is 33.2. The normalized spacial score (nSPS) is 20.5. The van der Waals surface area contributed by atoms with Crippen molar-refractivity contribution < 1.29 is 48.0 Å². The van der Waals surface area contributed by atoms with Crippen LogP contribution in [0.4, 0.5) is 0 Å². The number of nitrogens with zero attached hydrogens (tertiary/aromatic N) is 1. The number of morpholine rings is 1. The molecule has 2 saturated heterocycles. The molecule has 11 heteroatoms. The number of Topliss-reactive ketones (excluding diaryl/α,β-unsaturated/α-hetero) is 1. The number of carbonyl (C=O) groups is 2. The number of amides is 1. The topological polar surface area (TPSA) is 120 Å². The van der Waals surface area contributed by atoms with Crippen molar-refractivity contribution in [3.63, 3.8) is 0 Å². The van der Waals surface area contributed by atoms with Crippen molar-refractivity contribution in [2.45, 2.75) is 12.5 Å². The lowest BCUT2D eigenvalue weighted by Gasteiger charge is -2.29. The molecule has 0 radical (unpaired) electrons. The van der Waals surface area contributed by atoms with Crippen LogP contribution in [0.2, 0.25) is 0 Å². The van der Waals surface area contributed by atoms with Gasteiger partial charge in [-0.3, -0.25) is 9.59 Å². The lowest BCUT2D eigenvalue weighted by atomic mass is 9.94. The fourth-order valence-corrected chi connectivity index (χ4v) is 5.46. The monoisotopic (exact) mass is 554 g/mol. The Morgan fingerprint density at radius 3 is 2.27 bits per heavy atom. The Bertz CT molecular complexity index is 1280. The van der Waals surface area contributed by atoms with Gasteiger partial charge in [0.15, 0.2) is 23.0 Å². The van der Waals surface area contributed by atoms with Gasteiger partial charge in [0.1, 0.15) is 26.3 Å². The number of ketones is 1. The Morgan fingerprint density at radius 2 is 1.62 bits per heavy atom. The highest BCUT2D eigenvalue weighted by molar-refractivity contribution is 6.46. The van der Waals surface area contributed by atoms with E-state index in [2.05, 4.69) is 0 Å². The first-order valence-electron chi connectivity index (χ1n) is 13.3. The number of nitrogens with one attached hydrogen (secondary N) is 1. The van der Waals surface area contributed by atoms with Crippen LogP contribution in [0.3, 0.4) is 0 Å². The number of carbonyl (C=O) groups excluding carboxylic acids is 2. The van der Waals surface area contributed by atoms with Crippen LogP contribution >= 0.6 is 0 Å². The predicted molar refractivity (Wildman–Crippen MR) is 141 cm³/mol. The summed E-state index contributed by atoms with van der Waals surface area (Å²) in [5, 5.41) is 13.9. The smallest absolute Gasteiger partial charge is 0.295 e. The Hall–Kier alpha value is -3.96. The van der Waals surface area contributed by atoms with Crippen LogP contribution in [0, 0.1) is 0 Å². The molecule has 1 unspecified atom stereocenters. The minimum atomic E-state index is -0.936. The van der Waals surface area contributed by atoms with E-state index in [9.17, 15) is 14.7 Å². The first-order chi connectivity index (χ1) is 19.5. The average Bonchev–Trinajstić information content (AvgIpc) is 3.25. The van der Waals surface area contributed by atoms with Gasteiger partial charge in [-0.15, -0.1) is 0 Å². The van der Waals surface area contributed by atoms with E-state index in [1.165, 1.54) is 31.1 Å². The van der Waals surface area contributed by atoms with Gasteiger partial charge in [-0.25, -0.2) is 0 Å². The minimum Gasteiger partial charge on any atom is -0.872 e. The number of hydrogen-bond donors (Lipinski definition) is 1. The SMILES string of the molecule is COc1cc(C2C(=C([O-])c3ccc4c(c3)OCCO4)C(=O)C(=O)N2CCC[NH+]2CCOCC2)cc(OC)c1OC. The molecule has 0 bridgehead atoms. The van der Waals surface area contributed by atoms with Gasteiger partial charge in [-0.1, -0.05) is 11.8 Å². The van der Waals surface area contributed by atoms with E-state index in [0.29, 0.717) is 73.7 Å². The zero-order chi connectivity index (χ0) is 28.2. The highest BCUT2D eigenvalue weighted by Crippen LogP contribution is 2.45. The third-order valence-electron chi connectivity index (χ3n) is 7.47. The van der Waals surface area contributed by atoms with E-state index in [-0.39, 0.29) is 11.1 Å². The molecule has 0 aliphatic carbocycles. The van der Waals surface area contributed by atoms with E-state index in [0.717, 1.165) is 19.6 Å². The molecule has 3 aliphatic rings. The summed E-state index contributed by atoms with van der Waals surface area (Å²) in [6.07, 6.45) is 0.654. The first kappa shape index (κ1) is 27.6. The lowest BCUT2D eigenvalue weighted by Crippen LogP contribution is -3.14. The molecule has 2 fully saturated rings. The molecule has 3 heterocycles. The third-order valence-corrected chi connectivity index (χ3v) is 7.47. The molecule has 5 rings (SSSR count). The Labute approximate surface area is 232 Å². The summed E-state index contributed by atoms with van der Waals surface area (Å²) in [7, 11) is 4.46. The maximum atomic E-state index is 13.9. The molecule has 214 valence electrons. The first-order valence-corrected chi connectivity index (χ1v) is 13.3. The third kappa shape index (κ3) is 5.26. The van der Waals surface area contributed by atoms with E-state index < -0.39 is 23.5 Å². The Kier molecular flexibility index (Phi) is 8.32. The molecule has 2 aromatic carbocycles. The fraction of sp³-hybridized carbons (Fsp3) is 0.448. The molecular formula is C29H34N2O9. The van der Waals surface area contributed by atoms with Crippen molar-refractivity contribution >= 4 is 17.4 Å². The van der Waals surface area contributed by atoms with Crippen LogP contribution in [-0.4, -0.2) is 90.5 Å². The molecule has 0 aromatic heterocycles. The molecule has 3 aliphatic heterocycles. The van der Waals surface area contributed by atoms with E-state index in [1.54, 1.807) is 30.3 Å². The number of hydrogen-bond acceptors (Lipinski definition) is 9. The fourth-order valence-electron chi connectivity index (χ4n) is 5.46. The van der Waals surface area contributed by atoms with Crippen LogP contribution in [0.25, 0.3) is 5.76 Å². The Balaban J connectivity index is 1.57. The summed E-state index contributed by atoms with van der Waals surface area (Å²) in [4.78, 5) is 29.8. The van der Waals surface area contributed by atoms with Crippen LogP contribution < -0.4 is 33.7 Å². The molecule has 0 saturated carbocycles. The largest absolute Gasteiger partial charge is 0.872 e. The second-order valence-electron chi connectivity index (χ2n) is 9.76. The molecule has 1 N–H and O–H groups in total. The Morgan fingerprint density at radius 1 is 0.950 bits per heavy atom. The van der Waals surface area contributed by atoms with Crippen LogP contribution in [0.15, 0.2) is 35.9 Å². The van der Waals surface area contributed by atoms with E-state index >= 15 is 0 Å². The van der Waals surface area contributed by atoms with Gasteiger partial charge >= 0.3 is 0 Å². The molecular weight excluding hydrogens is 520 g/mol. The lowest BCUT2D eigenvalue weighted by molar-refractivity contribution is -0.908. The predicted octanol–water partition coefficient (Wildman–Crippen LogP) is 0.0128.